The second-order valence-corrected chi connectivity index (χ2v) is 7.44. The first-order valence-corrected chi connectivity index (χ1v) is 6.51. The van der Waals surface area contributed by atoms with Gasteiger partial charge in [0, 0.05) is 10.5 Å². The summed E-state index contributed by atoms with van der Waals surface area (Å²) in [6.45, 7) is 13.0. The number of benzene rings is 1. The fourth-order valence-corrected chi connectivity index (χ4v) is 2.36. The van der Waals surface area contributed by atoms with Gasteiger partial charge >= 0.3 is 0 Å². The third-order valence-electron chi connectivity index (χ3n) is 2.71. The number of phenols is 1. The fourth-order valence-electron chi connectivity index (χ4n) is 2.18. The van der Waals surface area contributed by atoms with E-state index in [4.69, 9.17) is 0 Å². The van der Waals surface area contributed by atoms with E-state index in [0.29, 0.717) is 10.6 Å². The maximum Gasteiger partial charge on any atom is 0.132 e. The maximum absolute atomic E-state index is 10.2. The molecule has 0 unspecified atom stereocenters. The number of aromatic hydroxyl groups is 1. The van der Waals surface area contributed by atoms with Crippen LogP contribution in [0.2, 0.25) is 0 Å². The Kier molecular flexibility index (Phi) is 3.87. The second kappa shape index (κ2) is 4.56. The summed E-state index contributed by atoms with van der Waals surface area (Å²) in [5.41, 5.74) is 2.40. The van der Waals surface area contributed by atoms with E-state index < -0.39 is 0 Å². The van der Waals surface area contributed by atoms with E-state index in [1.54, 1.807) is 0 Å². The van der Waals surface area contributed by atoms with Crippen molar-refractivity contribution in [1.29, 1.82) is 0 Å². The monoisotopic (exact) mass is 252 g/mol. The molecular weight excluding hydrogens is 228 g/mol. The largest absolute Gasteiger partial charge is 0.506 e. The molecule has 0 spiro atoms. The van der Waals surface area contributed by atoms with Crippen molar-refractivity contribution in [2.24, 2.45) is 5.41 Å². The number of thiol groups is 1. The molecule has 1 rings (SSSR count). The number of hydrogen-bond donors (Lipinski definition) is 2. The smallest absolute Gasteiger partial charge is 0.132 e. The minimum absolute atomic E-state index is 0.0661. The molecule has 1 aromatic rings. The van der Waals surface area contributed by atoms with E-state index in [-0.39, 0.29) is 10.8 Å². The normalized spacial score (nSPS) is 12.9. The van der Waals surface area contributed by atoms with Gasteiger partial charge in [-0.25, -0.2) is 0 Å². The Morgan fingerprint density at radius 3 is 2.00 bits per heavy atom. The predicted molar refractivity (Wildman–Crippen MR) is 77.2 cm³/mol. The van der Waals surface area contributed by atoms with E-state index in [2.05, 4.69) is 60.2 Å². The molecule has 2 heteroatoms. The third kappa shape index (κ3) is 3.67. The van der Waals surface area contributed by atoms with Crippen LogP contribution in [0, 0.1) is 5.41 Å². The van der Waals surface area contributed by atoms with Gasteiger partial charge in [0.25, 0.3) is 0 Å². The average Bonchev–Trinajstić information content (AvgIpc) is 2.06. The molecule has 1 nitrogen and oxygen atoms in total. The van der Waals surface area contributed by atoms with Crippen molar-refractivity contribution in [3.05, 3.63) is 23.3 Å². The van der Waals surface area contributed by atoms with Gasteiger partial charge in [-0.2, -0.15) is 0 Å². The molecule has 0 fully saturated rings. The minimum atomic E-state index is -0.0661. The molecule has 0 atom stereocenters. The van der Waals surface area contributed by atoms with Crippen LogP contribution in [0.3, 0.4) is 0 Å². The first-order chi connectivity index (χ1) is 7.52. The van der Waals surface area contributed by atoms with Gasteiger partial charge in [-0.05, 0) is 28.9 Å². The van der Waals surface area contributed by atoms with Crippen LogP contribution in [0.25, 0.3) is 0 Å². The first kappa shape index (κ1) is 14.4. The molecule has 0 bridgehead atoms. The molecule has 0 heterocycles. The van der Waals surface area contributed by atoms with Gasteiger partial charge in [-0.15, -0.1) is 12.6 Å². The van der Waals surface area contributed by atoms with Crippen LogP contribution in [0.1, 0.15) is 52.7 Å². The second-order valence-electron chi connectivity index (χ2n) is 6.95. The van der Waals surface area contributed by atoms with E-state index >= 15 is 0 Å². The third-order valence-corrected chi connectivity index (χ3v) is 3.07. The zero-order chi connectivity index (χ0) is 13.4. The summed E-state index contributed by atoms with van der Waals surface area (Å²) in [5.74, 6) is 0.336. The molecule has 0 aliphatic heterocycles. The molecule has 0 aliphatic rings. The van der Waals surface area contributed by atoms with Crippen molar-refractivity contribution in [1.82, 2.24) is 0 Å². The van der Waals surface area contributed by atoms with Crippen LogP contribution in [-0.2, 0) is 11.8 Å². The molecule has 1 N–H and O–H groups in total. The summed E-state index contributed by atoms with van der Waals surface area (Å²) in [7, 11) is 0. The van der Waals surface area contributed by atoms with Crippen molar-refractivity contribution in [2.75, 3.05) is 0 Å². The van der Waals surface area contributed by atoms with Gasteiger partial charge in [-0.1, -0.05) is 47.6 Å². The Bertz CT molecular complexity index is 408. The van der Waals surface area contributed by atoms with Crippen LogP contribution in [-0.4, -0.2) is 5.11 Å². The van der Waals surface area contributed by atoms with Crippen molar-refractivity contribution in [3.8, 4) is 5.75 Å². The maximum atomic E-state index is 10.2. The lowest BCUT2D eigenvalue weighted by Crippen LogP contribution is -2.18. The molecule has 0 amide bonds. The van der Waals surface area contributed by atoms with Crippen LogP contribution >= 0.6 is 12.6 Å². The van der Waals surface area contributed by atoms with Gasteiger partial charge in [0.2, 0.25) is 0 Å². The topological polar surface area (TPSA) is 20.2 Å². The molecule has 0 aliphatic carbocycles. The number of hydrogen-bond acceptors (Lipinski definition) is 2. The number of rotatable bonds is 1. The molecule has 0 saturated carbocycles. The van der Waals surface area contributed by atoms with Gasteiger partial charge in [0.05, 0.1) is 0 Å². The molecule has 17 heavy (non-hydrogen) atoms. The molecule has 96 valence electrons. The lowest BCUT2D eigenvalue weighted by atomic mass is 9.78. The highest BCUT2D eigenvalue weighted by Gasteiger charge is 2.25. The summed E-state index contributed by atoms with van der Waals surface area (Å²) in [4.78, 5) is 0.660. The molecule has 0 aromatic heterocycles. The van der Waals surface area contributed by atoms with Crippen molar-refractivity contribution >= 4 is 12.6 Å². The fraction of sp³-hybridized carbons (Fsp3) is 0.600. The zero-order valence-electron chi connectivity index (χ0n) is 11.8. The SMILES string of the molecule is CC(C)(C)Cc1ccc(S)c(O)c1C(C)(C)C. The summed E-state index contributed by atoms with van der Waals surface area (Å²) >= 11 is 4.31. The molecule has 0 radical (unpaired) electrons. The highest BCUT2D eigenvalue weighted by atomic mass is 32.1. The van der Waals surface area contributed by atoms with E-state index in [1.807, 2.05) is 6.07 Å². The van der Waals surface area contributed by atoms with Crippen LogP contribution in [0.4, 0.5) is 0 Å². The number of phenolic OH excluding ortho intramolecular Hbond substituents is 1. The zero-order valence-corrected chi connectivity index (χ0v) is 12.7. The van der Waals surface area contributed by atoms with E-state index in [0.717, 1.165) is 12.0 Å². The minimum Gasteiger partial charge on any atom is -0.506 e. The lowest BCUT2D eigenvalue weighted by molar-refractivity contribution is 0.396. The van der Waals surface area contributed by atoms with Gasteiger partial charge in [0.1, 0.15) is 5.75 Å². The Labute approximate surface area is 111 Å². The van der Waals surface area contributed by atoms with Gasteiger partial charge < -0.3 is 5.11 Å². The molecule has 1 aromatic carbocycles. The Balaban J connectivity index is 3.36. The highest BCUT2D eigenvalue weighted by molar-refractivity contribution is 7.80. The van der Waals surface area contributed by atoms with Crippen molar-refractivity contribution in [2.45, 2.75) is 58.3 Å². The summed E-state index contributed by atoms with van der Waals surface area (Å²) < 4.78 is 0. The first-order valence-electron chi connectivity index (χ1n) is 6.07. The van der Waals surface area contributed by atoms with Crippen molar-refractivity contribution < 1.29 is 5.11 Å². The Morgan fingerprint density at radius 1 is 1.06 bits per heavy atom. The van der Waals surface area contributed by atoms with Crippen LogP contribution < -0.4 is 0 Å². The summed E-state index contributed by atoms with van der Waals surface area (Å²) in [6.07, 6.45) is 0.960. The predicted octanol–water partition coefficient (Wildman–Crippen LogP) is 4.57. The summed E-state index contributed by atoms with van der Waals surface area (Å²) in [5, 5.41) is 10.2. The van der Waals surface area contributed by atoms with Gasteiger partial charge in [-0.3, -0.25) is 0 Å². The van der Waals surface area contributed by atoms with Crippen LogP contribution in [0.5, 0.6) is 5.75 Å². The standard InChI is InChI=1S/C15H24OS/c1-14(2,3)9-10-7-8-11(17)13(16)12(10)15(4,5)6/h7-8,16-17H,9H2,1-6H3. The average molecular weight is 252 g/mol. The Morgan fingerprint density at radius 2 is 1.59 bits per heavy atom. The van der Waals surface area contributed by atoms with Crippen molar-refractivity contribution in [3.63, 3.8) is 0 Å². The Hall–Kier alpha value is -0.630. The molecular formula is C15H24OS. The van der Waals surface area contributed by atoms with Gasteiger partial charge in [0.15, 0.2) is 0 Å². The van der Waals surface area contributed by atoms with E-state index in [9.17, 15) is 5.11 Å². The lowest BCUT2D eigenvalue weighted by Gasteiger charge is -2.28. The quantitative estimate of drug-likeness (QED) is 0.702. The van der Waals surface area contributed by atoms with E-state index in [1.165, 1.54) is 5.56 Å². The highest BCUT2D eigenvalue weighted by Crippen LogP contribution is 2.39. The van der Waals surface area contributed by atoms with Crippen LogP contribution in [0.15, 0.2) is 17.0 Å². The summed E-state index contributed by atoms with van der Waals surface area (Å²) in [6, 6.07) is 3.97. The molecule has 0 saturated heterocycles.